The third-order valence-corrected chi connectivity index (χ3v) is 2.72. The van der Waals surface area contributed by atoms with Gasteiger partial charge in [-0.1, -0.05) is 0 Å². The van der Waals surface area contributed by atoms with Crippen molar-refractivity contribution in [2.45, 2.75) is 19.8 Å². The van der Waals surface area contributed by atoms with Gasteiger partial charge in [0.2, 0.25) is 5.91 Å². The second-order valence-electron chi connectivity index (χ2n) is 4.38. The van der Waals surface area contributed by atoms with E-state index in [4.69, 9.17) is 4.74 Å². The number of nitrogens with zero attached hydrogens (tertiary/aromatic N) is 2. The quantitative estimate of drug-likeness (QED) is 0.380. The summed E-state index contributed by atoms with van der Waals surface area (Å²) in [6.45, 7) is 2.05. The fourth-order valence-electron chi connectivity index (χ4n) is 1.72. The average molecular weight is 285 g/mol. The Hall–Kier alpha value is -2.12. The number of amides is 4. The molecule has 0 unspecified atom stereocenters. The molecular formula is C12H19N3O5. The van der Waals surface area contributed by atoms with E-state index < -0.39 is 11.9 Å². The standard InChI is InChI=1S/C12H19N3O5/c1-3-20-11(18)5-4-6-13-9(16)7-15-10(17)8-14(2)12(15)19/h3-8H2,1-2H3,(H,13,16). The second kappa shape index (κ2) is 7.46. The van der Waals surface area contributed by atoms with Crippen molar-refractivity contribution < 1.29 is 23.9 Å². The molecule has 0 spiro atoms. The van der Waals surface area contributed by atoms with E-state index in [9.17, 15) is 19.2 Å². The van der Waals surface area contributed by atoms with Crippen LogP contribution in [0.25, 0.3) is 0 Å². The second-order valence-corrected chi connectivity index (χ2v) is 4.38. The molecule has 0 aromatic rings. The number of carbonyl (C=O) groups excluding carboxylic acids is 4. The van der Waals surface area contributed by atoms with E-state index in [2.05, 4.69) is 5.32 Å². The lowest BCUT2D eigenvalue weighted by molar-refractivity contribution is -0.143. The van der Waals surface area contributed by atoms with E-state index in [0.29, 0.717) is 19.6 Å². The van der Waals surface area contributed by atoms with Crippen molar-refractivity contribution >= 4 is 23.8 Å². The summed E-state index contributed by atoms with van der Waals surface area (Å²) >= 11 is 0. The van der Waals surface area contributed by atoms with Crippen LogP contribution in [0.3, 0.4) is 0 Å². The summed E-state index contributed by atoms with van der Waals surface area (Å²) in [5.41, 5.74) is 0. The molecule has 1 N–H and O–H groups in total. The van der Waals surface area contributed by atoms with Crippen molar-refractivity contribution in [2.24, 2.45) is 0 Å². The minimum atomic E-state index is -0.475. The van der Waals surface area contributed by atoms with Crippen LogP contribution in [0.15, 0.2) is 0 Å². The van der Waals surface area contributed by atoms with Crippen LogP contribution in [-0.4, -0.2) is 66.9 Å². The van der Waals surface area contributed by atoms with Gasteiger partial charge in [0.05, 0.1) is 6.61 Å². The van der Waals surface area contributed by atoms with Gasteiger partial charge in [-0.25, -0.2) is 4.79 Å². The lowest BCUT2D eigenvalue weighted by atomic mass is 10.3. The molecule has 1 rings (SSSR count). The van der Waals surface area contributed by atoms with Crippen molar-refractivity contribution in [3.8, 4) is 0 Å². The highest BCUT2D eigenvalue weighted by Gasteiger charge is 2.34. The number of imide groups is 1. The van der Waals surface area contributed by atoms with Gasteiger partial charge < -0.3 is 15.0 Å². The van der Waals surface area contributed by atoms with Crippen LogP contribution in [0, 0.1) is 0 Å². The van der Waals surface area contributed by atoms with Crippen LogP contribution in [0.2, 0.25) is 0 Å². The summed E-state index contributed by atoms with van der Waals surface area (Å²) in [5, 5.41) is 2.55. The van der Waals surface area contributed by atoms with Crippen LogP contribution in [0.1, 0.15) is 19.8 Å². The molecule has 0 aliphatic carbocycles. The molecule has 1 aliphatic rings. The molecule has 0 aromatic heterocycles. The third-order valence-electron chi connectivity index (χ3n) is 2.72. The Morgan fingerprint density at radius 3 is 2.60 bits per heavy atom. The Morgan fingerprint density at radius 2 is 2.05 bits per heavy atom. The zero-order valence-corrected chi connectivity index (χ0v) is 11.7. The first-order valence-corrected chi connectivity index (χ1v) is 6.43. The fraction of sp³-hybridized carbons (Fsp3) is 0.667. The SMILES string of the molecule is CCOC(=O)CCCNC(=O)CN1C(=O)CN(C)C1=O. The highest BCUT2D eigenvalue weighted by molar-refractivity contribution is 6.04. The smallest absolute Gasteiger partial charge is 0.327 e. The fourth-order valence-corrected chi connectivity index (χ4v) is 1.72. The van der Waals surface area contributed by atoms with Gasteiger partial charge in [-0.3, -0.25) is 19.3 Å². The van der Waals surface area contributed by atoms with Gasteiger partial charge in [-0.2, -0.15) is 0 Å². The van der Waals surface area contributed by atoms with Crippen molar-refractivity contribution in [1.82, 2.24) is 15.1 Å². The Kier molecular flexibility index (Phi) is 5.95. The zero-order chi connectivity index (χ0) is 15.1. The van der Waals surface area contributed by atoms with Gasteiger partial charge in [0.1, 0.15) is 13.1 Å². The van der Waals surface area contributed by atoms with E-state index in [1.54, 1.807) is 6.92 Å². The maximum absolute atomic E-state index is 11.6. The van der Waals surface area contributed by atoms with Gasteiger partial charge in [-0.15, -0.1) is 0 Å². The molecule has 112 valence electrons. The topological polar surface area (TPSA) is 96.0 Å². The van der Waals surface area contributed by atoms with E-state index in [1.807, 2.05) is 0 Å². The van der Waals surface area contributed by atoms with Crippen molar-refractivity contribution in [2.75, 3.05) is 33.3 Å². The summed E-state index contributed by atoms with van der Waals surface area (Å²) in [5.74, 6) is -1.13. The molecule has 0 atom stereocenters. The first-order chi connectivity index (χ1) is 9.45. The largest absolute Gasteiger partial charge is 0.466 e. The van der Waals surface area contributed by atoms with E-state index in [-0.39, 0.29) is 31.4 Å². The number of hydrogen-bond acceptors (Lipinski definition) is 5. The van der Waals surface area contributed by atoms with E-state index >= 15 is 0 Å². The highest BCUT2D eigenvalue weighted by atomic mass is 16.5. The average Bonchev–Trinajstić information content (AvgIpc) is 2.62. The van der Waals surface area contributed by atoms with E-state index in [0.717, 1.165) is 4.90 Å². The minimum absolute atomic E-state index is 0.00499. The van der Waals surface area contributed by atoms with Crippen LogP contribution < -0.4 is 5.32 Å². The molecule has 0 saturated carbocycles. The Bertz CT molecular complexity index is 410. The number of esters is 1. The lowest BCUT2D eigenvalue weighted by Gasteiger charge is -2.13. The first-order valence-electron chi connectivity index (χ1n) is 6.43. The summed E-state index contributed by atoms with van der Waals surface area (Å²) < 4.78 is 4.74. The molecule has 1 saturated heterocycles. The lowest BCUT2D eigenvalue weighted by Crippen LogP contribution is -2.41. The molecule has 1 fully saturated rings. The third kappa shape index (κ3) is 4.52. The molecule has 1 heterocycles. The minimum Gasteiger partial charge on any atom is -0.466 e. The number of carbonyl (C=O) groups is 4. The van der Waals surface area contributed by atoms with Gasteiger partial charge >= 0.3 is 12.0 Å². The molecule has 8 nitrogen and oxygen atoms in total. The van der Waals surface area contributed by atoms with Crippen LogP contribution in [0.5, 0.6) is 0 Å². The maximum atomic E-state index is 11.6. The first kappa shape index (κ1) is 15.9. The van der Waals surface area contributed by atoms with Crippen molar-refractivity contribution in [3.05, 3.63) is 0 Å². The van der Waals surface area contributed by atoms with Gasteiger partial charge in [-0.05, 0) is 13.3 Å². The molecule has 0 radical (unpaired) electrons. The molecule has 0 bridgehead atoms. The summed E-state index contributed by atoms with van der Waals surface area (Å²) in [4.78, 5) is 47.8. The predicted molar refractivity (Wildman–Crippen MR) is 68.6 cm³/mol. The molecule has 4 amide bonds. The monoisotopic (exact) mass is 285 g/mol. The number of nitrogens with one attached hydrogen (secondary N) is 1. The number of hydrogen-bond donors (Lipinski definition) is 1. The van der Waals surface area contributed by atoms with Gasteiger partial charge in [0, 0.05) is 20.0 Å². The molecule has 8 heteroatoms. The Labute approximate surface area is 117 Å². The highest BCUT2D eigenvalue weighted by Crippen LogP contribution is 2.06. The number of urea groups is 1. The van der Waals surface area contributed by atoms with Gasteiger partial charge in [0.25, 0.3) is 5.91 Å². The maximum Gasteiger partial charge on any atom is 0.327 e. The molecule has 20 heavy (non-hydrogen) atoms. The predicted octanol–water partition coefficient (Wildman–Crippen LogP) is -0.660. The zero-order valence-electron chi connectivity index (χ0n) is 11.7. The number of likely N-dealkylation sites (N-methyl/N-ethyl adjacent to an activating group) is 1. The normalized spacial score (nSPS) is 14.7. The number of rotatable bonds is 7. The molecule has 1 aliphatic heterocycles. The summed E-state index contributed by atoms with van der Waals surface area (Å²) in [6.07, 6.45) is 0.671. The van der Waals surface area contributed by atoms with Crippen LogP contribution >= 0.6 is 0 Å². The summed E-state index contributed by atoms with van der Waals surface area (Å²) in [6, 6.07) is -0.475. The van der Waals surface area contributed by atoms with E-state index in [1.165, 1.54) is 11.9 Å². The molecular weight excluding hydrogens is 266 g/mol. The Balaban J connectivity index is 2.22. The summed E-state index contributed by atoms with van der Waals surface area (Å²) in [7, 11) is 1.50. The Morgan fingerprint density at radius 1 is 1.35 bits per heavy atom. The van der Waals surface area contributed by atoms with Crippen LogP contribution in [0.4, 0.5) is 4.79 Å². The van der Waals surface area contributed by atoms with Crippen molar-refractivity contribution in [3.63, 3.8) is 0 Å². The van der Waals surface area contributed by atoms with Crippen LogP contribution in [-0.2, 0) is 19.1 Å². The number of ether oxygens (including phenoxy) is 1. The van der Waals surface area contributed by atoms with Gasteiger partial charge in [0.15, 0.2) is 0 Å². The van der Waals surface area contributed by atoms with Crippen molar-refractivity contribution in [1.29, 1.82) is 0 Å². The molecule has 0 aromatic carbocycles.